The van der Waals surface area contributed by atoms with E-state index in [1.54, 1.807) is 17.1 Å². The molecule has 2 rings (SSSR count). The smallest absolute Gasteiger partial charge is 0.149 e. The van der Waals surface area contributed by atoms with Gasteiger partial charge in [-0.3, -0.25) is 9.67 Å². The van der Waals surface area contributed by atoms with E-state index in [1.165, 1.54) is 0 Å². The van der Waals surface area contributed by atoms with Crippen LogP contribution in [0.5, 0.6) is 0 Å². The summed E-state index contributed by atoms with van der Waals surface area (Å²) in [5, 5.41) is 7.19. The molecule has 0 radical (unpaired) electrons. The lowest BCUT2D eigenvalue weighted by molar-refractivity contribution is 0.768. The Balaban J connectivity index is 2.21. The number of anilines is 2. The zero-order chi connectivity index (χ0) is 10.8. The van der Waals surface area contributed by atoms with Crippen LogP contribution in [0.4, 0.5) is 11.5 Å². The van der Waals surface area contributed by atoms with Gasteiger partial charge in [-0.05, 0) is 13.8 Å². The predicted octanol–water partition coefficient (Wildman–Crippen LogP) is 1.57. The first kappa shape index (κ1) is 9.64. The summed E-state index contributed by atoms with van der Waals surface area (Å²) in [5.41, 5.74) is 2.80. The maximum absolute atomic E-state index is 4.37. The number of hydrogen-bond acceptors (Lipinski definition) is 4. The van der Waals surface area contributed by atoms with E-state index < -0.39 is 0 Å². The van der Waals surface area contributed by atoms with Gasteiger partial charge in [-0.1, -0.05) is 0 Å². The van der Waals surface area contributed by atoms with Gasteiger partial charge in [0, 0.05) is 13.2 Å². The monoisotopic (exact) mass is 203 g/mol. The van der Waals surface area contributed by atoms with Crippen molar-refractivity contribution in [3.05, 3.63) is 30.0 Å². The first-order chi connectivity index (χ1) is 7.15. The molecule has 0 aliphatic rings. The molecule has 2 heterocycles. The van der Waals surface area contributed by atoms with Crippen LogP contribution in [0.1, 0.15) is 11.4 Å². The van der Waals surface area contributed by atoms with Gasteiger partial charge in [0.2, 0.25) is 0 Å². The van der Waals surface area contributed by atoms with Crippen LogP contribution in [-0.2, 0) is 7.05 Å². The SMILES string of the molecule is Cc1ncc(Nc2cnn(C)c2)nc1C. The second-order valence-corrected chi connectivity index (χ2v) is 3.45. The summed E-state index contributed by atoms with van der Waals surface area (Å²) < 4.78 is 1.73. The van der Waals surface area contributed by atoms with Crippen molar-refractivity contribution in [2.45, 2.75) is 13.8 Å². The molecule has 15 heavy (non-hydrogen) atoms. The molecule has 5 nitrogen and oxygen atoms in total. The molecule has 2 aromatic rings. The maximum Gasteiger partial charge on any atom is 0.149 e. The minimum Gasteiger partial charge on any atom is -0.336 e. The van der Waals surface area contributed by atoms with Gasteiger partial charge >= 0.3 is 0 Å². The van der Waals surface area contributed by atoms with E-state index in [0.29, 0.717) is 0 Å². The number of nitrogens with one attached hydrogen (secondary N) is 1. The first-order valence-corrected chi connectivity index (χ1v) is 4.71. The van der Waals surface area contributed by atoms with E-state index in [0.717, 1.165) is 22.9 Å². The predicted molar refractivity (Wildman–Crippen MR) is 58.0 cm³/mol. The molecule has 0 fully saturated rings. The van der Waals surface area contributed by atoms with Crippen molar-refractivity contribution < 1.29 is 0 Å². The van der Waals surface area contributed by atoms with Gasteiger partial charge in [0.05, 0.1) is 29.5 Å². The first-order valence-electron chi connectivity index (χ1n) is 4.71. The highest BCUT2D eigenvalue weighted by Crippen LogP contribution is 2.13. The van der Waals surface area contributed by atoms with Crippen molar-refractivity contribution in [3.63, 3.8) is 0 Å². The highest BCUT2D eigenvalue weighted by molar-refractivity contribution is 5.53. The molecule has 0 amide bonds. The molecule has 78 valence electrons. The molecular formula is C10H13N5. The van der Waals surface area contributed by atoms with Crippen molar-refractivity contribution in [1.29, 1.82) is 0 Å². The quantitative estimate of drug-likeness (QED) is 0.805. The fourth-order valence-corrected chi connectivity index (χ4v) is 1.24. The Morgan fingerprint density at radius 1 is 1.20 bits per heavy atom. The van der Waals surface area contributed by atoms with Crippen molar-refractivity contribution >= 4 is 11.5 Å². The van der Waals surface area contributed by atoms with E-state index in [4.69, 9.17) is 0 Å². The van der Waals surface area contributed by atoms with Crippen LogP contribution < -0.4 is 5.32 Å². The zero-order valence-corrected chi connectivity index (χ0v) is 9.02. The van der Waals surface area contributed by atoms with Crippen LogP contribution in [0.3, 0.4) is 0 Å². The fourth-order valence-electron chi connectivity index (χ4n) is 1.24. The lowest BCUT2D eigenvalue weighted by Gasteiger charge is -2.04. The van der Waals surface area contributed by atoms with Crippen molar-refractivity contribution in [2.75, 3.05) is 5.32 Å². The molecule has 2 aromatic heterocycles. The normalized spacial score (nSPS) is 10.3. The summed E-state index contributed by atoms with van der Waals surface area (Å²) in [5.74, 6) is 0.742. The molecule has 0 unspecified atom stereocenters. The largest absolute Gasteiger partial charge is 0.336 e. The van der Waals surface area contributed by atoms with Gasteiger partial charge in [-0.25, -0.2) is 4.98 Å². The standard InChI is InChI=1S/C10H13N5/c1-7-8(2)13-10(5-11-7)14-9-4-12-15(3)6-9/h4-6H,1-3H3,(H,13,14). The summed E-state index contributed by atoms with van der Waals surface area (Å²) in [7, 11) is 1.87. The van der Waals surface area contributed by atoms with Gasteiger partial charge in [-0.15, -0.1) is 0 Å². The molecule has 0 saturated carbocycles. The van der Waals surface area contributed by atoms with Gasteiger partial charge in [0.15, 0.2) is 0 Å². The molecule has 1 N–H and O–H groups in total. The lowest BCUT2D eigenvalue weighted by Crippen LogP contribution is -1.97. The summed E-state index contributed by atoms with van der Waals surface area (Å²) in [6.07, 6.45) is 5.35. The Bertz CT molecular complexity index is 474. The van der Waals surface area contributed by atoms with Crippen LogP contribution in [0.2, 0.25) is 0 Å². The Morgan fingerprint density at radius 3 is 2.60 bits per heavy atom. The Kier molecular flexibility index (Phi) is 2.37. The second-order valence-electron chi connectivity index (χ2n) is 3.45. The number of nitrogens with zero attached hydrogens (tertiary/aromatic N) is 4. The minimum absolute atomic E-state index is 0.742. The van der Waals surface area contributed by atoms with Gasteiger partial charge in [0.1, 0.15) is 5.82 Å². The summed E-state index contributed by atoms with van der Waals surface area (Å²) >= 11 is 0. The van der Waals surface area contributed by atoms with Crippen LogP contribution in [0, 0.1) is 13.8 Å². The number of aromatic nitrogens is 4. The van der Waals surface area contributed by atoms with Crippen molar-refractivity contribution in [3.8, 4) is 0 Å². The maximum atomic E-state index is 4.37. The molecule has 0 aliphatic heterocycles. The number of hydrogen-bond donors (Lipinski definition) is 1. The van der Waals surface area contributed by atoms with Crippen LogP contribution >= 0.6 is 0 Å². The summed E-state index contributed by atoms with van der Waals surface area (Å²) in [6.45, 7) is 3.88. The third-order valence-electron chi connectivity index (χ3n) is 2.17. The molecule has 0 bridgehead atoms. The lowest BCUT2D eigenvalue weighted by atomic mass is 10.3. The van der Waals surface area contributed by atoms with Crippen LogP contribution in [-0.4, -0.2) is 19.7 Å². The Hall–Kier alpha value is -1.91. The molecular weight excluding hydrogens is 190 g/mol. The van der Waals surface area contributed by atoms with Crippen LogP contribution in [0.25, 0.3) is 0 Å². The molecule has 0 aliphatic carbocycles. The third-order valence-corrected chi connectivity index (χ3v) is 2.17. The second kappa shape index (κ2) is 3.68. The average Bonchev–Trinajstić information content (AvgIpc) is 2.58. The summed E-state index contributed by atoms with van der Waals surface area (Å²) in [4.78, 5) is 8.60. The van der Waals surface area contributed by atoms with Crippen LogP contribution in [0.15, 0.2) is 18.6 Å². The molecule has 5 heteroatoms. The average molecular weight is 203 g/mol. The van der Waals surface area contributed by atoms with E-state index in [-0.39, 0.29) is 0 Å². The topological polar surface area (TPSA) is 55.6 Å². The highest BCUT2D eigenvalue weighted by Gasteiger charge is 2.01. The minimum atomic E-state index is 0.742. The molecule has 0 saturated heterocycles. The van der Waals surface area contributed by atoms with Crippen molar-refractivity contribution in [1.82, 2.24) is 19.7 Å². The van der Waals surface area contributed by atoms with E-state index in [9.17, 15) is 0 Å². The zero-order valence-electron chi connectivity index (χ0n) is 9.02. The van der Waals surface area contributed by atoms with E-state index in [1.807, 2.05) is 27.1 Å². The van der Waals surface area contributed by atoms with Gasteiger partial charge in [-0.2, -0.15) is 5.10 Å². The molecule has 0 spiro atoms. The number of rotatable bonds is 2. The van der Waals surface area contributed by atoms with E-state index >= 15 is 0 Å². The highest BCUT2D eigenvalue weighted by atomic mass is 15.3. The van der Waals surface area contributed by atoms with E-state index in [2.05, 4.69) is 20.4 Å². The molecule has 0 aromatic carbocycles. The fraction of sp³-hybridized carbons (Fsp3) is 0.300. The van der Waals surface area contributed by atoms with Gasteiger partial charge in [0.25, 0.3) is 0 Å². The Morgan fingerprint density at radius 2 is 2.00 bits per heavy atom. The Labute approximate surface area is 88.2 Å². The van der Waals surface area contributed by atoms with Crippen molar-refractivity contribution in [2.24, 2.45) is 7.05 Å². The summed E-state index contributed by atoms with van der Waals surface area (Å²) in [6, 6.07) is 0. The molecule has 0 atom stereocenters. The number of aryl methyl sites for hydroxylation is 3. The van der Waals surface area contributed by atoms with Gasteiger partial charge < -0.3 is 5.32 Å². The third kappa shape index (κ3) is 2.12.